The fourth-order valence-corrected chi connectivity index (χ4v) is 6.67. The smallest absolute Gasteiger partial charge is 0.338 e. The topological polar surface area (TPSA) is 69.9 Å². The number of thiazole rings is 1. The van der Waals surface area contributed by atoms with Crippen LogP contribution in [0.3, 0.4) is 0 Å². The maximum Gasteiger partial charge on any atom is 0.338 e. The summed E-state index contributed by atoms with van der Waals surface area (Å²) in [5.41, 5.74) is 3.32. The number of hydrogen-bond acceptors (Lipinski definition) is 7. The van der Waals surface area contributed by atoms with Gasteiger partial charge in [-0.15, -0.1) is 11.8 Å². The highest BCUT2D eigenvalue weighted by Crippen LogP contribution is 2.32. The van der Waals surface area contributed by atoms with Crippen LogP contribution in [-0.2, 0) is 16.1 Å². The Bertz CT molecular complexity index is 1850. The second-order valence-electron chi connectivity index (χ2n) is 9.91. The first-order valence-electron chi connectivity index (χ1n) is 13.2. The Labute approximate surface area is 265 Å². The predicted octanol–water partition coefficient (Wildman–Crippen LogP) is 6.90. The lowest BCUT2D eigenvalue weighted by molar-refractivity contribution is -0.143. The number of aromatic nitrogens is 1. The molecule has 0 N–H and O–H groups in total. The van der Waals surface area contributed by atoms with Crippen LogP contribution in [0.1, 0.15) is 43.5 Å². The van der Waals surface area contributed by atoms with Crippen molar-refractivity contribution in [1.29, 1.82) is 0 Å². The predicted molar refractivity (Wildman–Crippen MR) is 173 cm³/mol. The van der Waals surface area contributed by atoms with Gasteiger partial charge in [0.15, 0.2) is 4.80 Å². The Hall–Kier alpha value is -3.11. The number of hydrogen-bond donors (Lipinski definition) is 0. The van der Waals surface area contributed by atoms with Gasteiger partial charge in [0.1, 0.15) is 12.4 Å². The summed E-state index contributed by atoms with van der Waals surface area (Å²) in [4.78, 5) is 33.5. The molecule has 5 rings (SSSR count). The van der Waals surface area contributed by atoms with E-state index in [9.17, 15) is 9.59 Å². The van der Waals surface area contributed by atoms with Crippen molar-refractivity contribution in [3.8, 4) is 5.75 Å². The number of fused-ring (bicyclic) bond motifs is 1. The molecule has 1 aromatic heterocycles. The van der Waals surface area contributed by atoms with Gasteiger partial charge in [-0.05, 0) is 102 Å². The van der Waals surface area contributed by atoms with E-state index in [1.807, 2.05) is 79.1 Å². The molecule has 10 heteroatoms. The maximum absolute atomic E-state index is 13.9. The summed E-state index contributed by atoms with van der Waals surface area (Å²) in [5.74, 6) is 0.207. The van der Waals surface area contributed by atoms with E-state index in [0.717, 1.165) is 26.1 Å². The lowest BCUT2D eigenvalue weighted by Crippen LogP contribution is -2.40. The van der Waals surface area contributed by atoms with Crippen molar-refractivity contribution in [3.63, 3.8) is 0 Å². The molecule has 0 saturated carbocycles. The first kappa shape index (κ1) is 30.4. The second-order valence-corrected chi connectivity index (χ2v) is 13.1. The van der Waals surface area contributed by atoms with Crippen LogP contribution in [0.15, 0.2) is 97.2 Å². The summed E-state index contributed by atoms with van der Waals surface area (Å²) in [7, 11) is 0. The first-order valence-corrected chi connectivity index (χ1v) is 16.4. The molecule has 6 nitrogen and oxygen atoms in total. The largest absolute Gasteiger partial charge is 0.488 e. The molecular weight excluding hydrogens is 656 g/mol. The third-order valence-corrected chi connectivity index (χ3v) is 9.18. The highest BCUT2D eigenvalue weighted by Gasteiger charge is 2.33. The second kappa shape index (κ2) is 13.0. The zero-order valence-corrected chi connectivity index (χ0v) is 27.4. The average molecular weight is 684 g/mol. The van der Waals surface area contributed by atoms with Crippen molar-refractivity contribution in [2.75, 3.05) is 6.26 Å². The summed E-state index contributed by atoms with van der Waals surface area (Å²) < 4.78 is 14.4. The number of benzene rings is 3. The van der Waals surface area contributed by atoms with Crippen molar-refractivity contribution in [1.82, 2.24) is 4.57 Å². The molecule has 0 aliphatic carbocycles. The van der Waals surface area contributed by atoms with Crippen LogP contribution in [-0.4, -0.2) is 22.9 Å². The summed E-state index contributed by atoms with van der Waals surface area (Å²) in [6.45, 7) is 5.79. The van der Waals surface area contributed by atoms with E-state index in [2.05, 4.69) is 20.9 Å². The molecule has 0 saturated heterocycles. The summed E-state index contributed by atoms with van der Waals surface area (Å²) >= 11 is 12.5. The Kier molecular flexibility index (Phi) is 9.42. The van der Waals surface area contributed by atoms with Crippen LogP contribution in [0.4, 0.5) is 0 Å². The molecule has 0 fully saturated rings. The van der Waals surface area contributed by atoms with E-state index in [0.29, 0.717) is 38.0 Å². The lowest BCUT2D eigenvalue weighted by Gasteiger charge is -2.25. The quantitative estimate of drug-likeness (QED) is 0.149. The van der Waals surface area contributed by atoms with Crippen molar-refractivity contribution >= 4 is 62.7 Å². The van der Waals surface area contributed by atoms with E-state index in [4.69, 9.17) is 21.1 Å². The number of allylic oxidation sites excluding steroid dienone is 1. The van der Waals surface area contributed by atoms with Crippen molar-refractivity contribution < 1.29 is 14.3 Å². The third kappa shape index (κ3) is 6.59. The first-order chi connectivity index (χ1) is 20.1. The average Bonchev–Trinajstić information content (AvgIpc) is 3.26. The molecule has 1 atom stereocenters. The SMILES string of the molecule is CSc1ccc([C@H]2C(C(=O)OC(C)C)=C(C)N=c3s/c(=C\c4ccc(OCc5ccc(Cl)cc5)c(Br)c4)c(=O)n32)cc1. The molecule has 2 heterocycles. The minimum Gasteiger partial charge on any atom is -0.488 e. The van der Waals surface area contributed by atoms with Gasteiger partial charge in [0.05, 0.1) is 32.4 Å². The number of esters is 1. The van der Waals surface area contributed by atoms with E-state index in [1.165, 1.54) is 11.3 Å². The number of carbonyl (C=O) groups is 1. The highest BCUT2D eigenvalue weighted by atomic mass is 79.9. The summed E-state index contributed by atoms with van der Waals surface area (Å²) in [6, 6.07) is 20.4. The van der Waals surface area contributed by atoms with Crippen molar-refractivity contribution in [2.45, 2.75) is 44.4 Å². The number of carbonyl (C=O) groups excluding carboxylic acids is 1. The van der Waals surface area contributed by atoms with Gasteiger partial charge < -0.3 is 9.47 Å². The van der Waals surface area contributed by atoms with Gasteiger partial charge in [-0.1, -0.05) is 53.3 Å². The van der Waals surface area contributed by atoms with Gasteiger partial charge in [-0.2, -0.15) is 0 Å². The Morgan fingerprint density at radius 3 is 2.50 bits per heavy atom. The van der Waals surface area contributed by atoms with Gasteiger partial charge in [-0.3, -0.25) is 9.36 Å². The van der Waals surface area contributed by atoms with E-state index in [1.54, 1.807) is 37.1 Å². The Morgan fingerprint density at radius 1 is 1.14 bits per heavy atom. The molecular formula is C32H28BrClN2O4S2. The van der Waals surface area contributed by atoms with Gasteiger partial charge in [0.2, 0.25) is 0 Å². The molecule has 0 bridgehead atoms. The Morgan fingerprint density at radius 2 is 1.86 bits per heavy atom. The fourth-order valence-electron chi connectivity index (χ4n) is 4.58. The molecule has 0 radical (unpaired) electrons. The van der Waals surface area contributed by atoms with Crippen LogP contribution >= 0.6 is 50.6 Å². The van der Waals surface area contributed by atoms with E-state index >= 15 is 0 Å². The molecule has 4 aromatic rings. The molecule has 0 amide bonds. The van der Waals surface area contributed by atoms with Gasteiger partial charge in [0.25, 0.3) is 5.56 Å². The zero-order valence-electron chi connectivity index (χ0n) is 23.4. The van der Waals surface area contributed by atoms with Crippen LogP contribution in [0.25, 0.3) is 6.08 Å². The number of nitrogens with zero attached hydrogens (tertiary/aromatic N) is 2. The van der Waals surface area contributed by atoms with Crippen LogP contribution < -0.4 is 19.6 Å². The fraction of sp³-hybridized carbons (Fsp3) is 0.219. The van der Waals surface area contributed by atoms with Crippen molar-refractivity contribution in [2.24, 2.45) is 4.99 Å². The van der Waals surface area contributed by atoms with Crippen LogP contribution in [0, 0.1) is 0 Å². The minimum atomic E-state index is -0.652. The normalized spacial score (nSPS) is 15.0. The highest BCUT2D eigenvalue weighted by molar-refractivity contribution is 9.10. The Balaban J connectivity index is 1.52. The van der Waals surface area contributed by atoms with Crippen molar-refractivity contribution in [3.05, 3.63) is 124 Å². The summed E-state index contributed by atoms with van der Waals surface area (Å²) in [5, 5.41) is 0.677. The number of thioether (sulfide) groups is 1. The van der Waals surface area contributed by atoms with E-state index < -0.39 is 12.0 Å². The number of rotatable bonds is 8. The third-order valence-electron chi connectivity index (χ3n) is 6.58. The monoisotopic (exact) mass is 682 g/mol. The van der Waals surface area contributed by atoms with Gasteiger partial charge in [0, 0.05) is 9.92 Å². The van der Waals surface area contributed by atoms with Crippen LogP contribution in [0.2, 0.25) is 5.02 Å². The lowest BCUT2D eigenvalue weighted by atomic mass is 9.96. The number of ether oxygens (including phenoxy) is 2. The molecule has 216 valence electrons. The summed E-state index contributed by atoms with van der Waals surface area (Å²) in [6.07, 6.45) is 3.53. The zero-order chi connectivity index (χ0) is 30.0. The standard InChI is InChI=1S/C32H28BrClN2O4S2/c1-18(2)40-31(38)28-19(3)35-32-36(29(28)22-8-12-24(41-4)13-9-22)30(37)27(42-32)16-21-7-14-26(25(33)15-21)39-17-20-5-10-23(34)11-6-20/h5-16,18,29H,17H2,1-4H3/b27-16-/t29-/m0/s1. The van der Waals surface area contributed by atoms with Gasteiger partial charge in [-0.25, -0.2) is 9.79 Å². The maximum atomic E-state index is 13.9. The molecule has 0 spiro atoms. The molecule has 42 heavy (non-hydrogen) atoms. The van der Waals surface area contributed by atoms with E-state index in [-0.39, 0.29) is 11.7 Å². The molecule has 0 unspecified atom stereocenters. The molecule has 3 aromatic carbocycles. The minimum absolute atomic E-state index is 0.223. The molecule has 1 aliphatic heterocycles. The van der Waals surface area contributed by atoms with Gasteiger partial charge >= 0.3 is 5.97 Å². The number of halogens is 2. The van der Waals surface area contributed by atoms with Crippen LogP contribution in [0.5, 0.6) is 5.75 Å². The molecule has 1 aliphatic rings.